The van der Waals surface area contributed by atoms with Crippen LogP contribution in [-0.4, -0.2) is 34.9 Å². The van der Waals surface area contributed by atoms with Gasteiger partial charge in [0, 0.05) is 18.0 Å². The van der Waals surface area contributed by atoms with Crippen LogP contribution < -0.4 is 4.74 Å². The first kappa shape index (κ1) is 15.8. The Hall–Kier alpha value is -2.63. The quantitative estimate of drug-likeness (QED) is 0.655. The smallest absolute Gasteiger partial charge is 0.340 e. The summed E-state index contributed by atoms with van der Waals surface area (Å²) in [5.41, 5.74) is 1.95. The predicted octanol–water partition coefficient (Wildman–Crippen LogP) is 2.46. The summed E-state index contributed by atoms with van der Waals surface area (Å²) < 4.78 is 10.3. The van der Waals surface area contributed by atoms with Gasteiger partial charge in [0.25, 0.3) is 0 Å². The number of aromatic amines is 1. The number of aromatic nitrogens is 2. The highest BCUT2D eigenvalue weighted by Crippen LogP contribution is 2.19. The summed E-state index contributed by atoms with van der Waals surface area (Å²) in [5.74, 6) is -0.303. The van der Waals surface area contributed by atoms with Crippen molar-refractivity contribution in [2.75, 3.05) is 13.2 Å². The van der Waals surface area contributed by atoms with E-state index in [-0.39, 0.29) is 19.0 Å². The summed E-state index contributed by atoms with van der Waals surface area (Å²) in [7, 11) is 0. The number of pyridine rings is 1. The van der Waals surface area contributed by atoms with Gasteiger partial charge >= 0.3 is 5.97 Å². The lowest BCUT2D eigenvalue weighted by atomic mass is 10.1. The second-order valence-electron chi connectivity index (χ2n) is 4.73. The molecule has 116 valence electrons. The van der Waals surface area contributed by atoms with Crippen molar-refractivity contribution in [3.63, 3.8) is 0 Å². The van der Waals surface area contributed by atoms with Crippen LogP contribution in [0.15, 0.2) is 24.4 Å². The van der Waals surface area contributed by atoms with Gasteiger partial charge in [-0.15, -0.1) is 0 Å². The molecular weight excluding hydrogens is 284 g/mol. The number of rotatable bonds is 6. The van der Waals surface area contributed by atoms with E-state index in [4.69, 9.17) is 9.47 Å². The van der Waals surface area contributed by atoms with Crippen molar-refractivity contribution in [1.82, 2.24) is 9.97 Å². The molecule has 0 spiro atoms. The monoisotopic (exact) mass is 302 g/mol. The second kappa shape index (κ2) is 6.89. The fraction of sp³-hybridized carbons (Fsp3) is 0.312. The number of nitrogens with zero attached hydrogens (tertiary/aromatic N) is 1. The van der Waals surface area contributed by atoms with Crippen LogP contribution >= 0.6 is 0 Å². The number of Topliss-reactive ketones (excluding diaryl/α,β-unsaturated/α-hetero) is 1. The number of ketones is 1. The molecule has 2 aromatic heterocycles. The lowest BCUT2D eigenvalue weighted by Gasteiger charge is -2.04. The fourth-order valence-electron chi connectivity index (χ4n) is 2.18. The molecule has 6 nitrogen and oxygen atoms in total. The molecule has 0 aromatic carbocycles. The van der Waals surface area contributed by atoms with E-state index in [0.29, 0.717) is 28.4 Å². The highest BCUT2D eigenvalue weighted by Gasteiger charge is 2.23. The Morgan fingerprint density at radius 2 is 2.05 bits per heavy atom. The summed E-state index contributed by atoms with van der Waals surface area (Å²) in [5, 5.41) is 0. The molecule has 2 rings (SSSR count). The molecule has 2 aromatic rings. The zero-order valence-electron chi connectivity index (χ0n) is 12.8. The fourth-order valence-corrected chi connectivity index (χ4v) is 2.18. The molecule has 2 heterocycles. The predicted molar refractivity (Wildman–Crippen MR) is 80.3 cm³/mol. The molecule has 1 N–H and O–H groups in total. The Morgan fingerprint density at radius 1 is 1.27 bits per heavy atom. The molecule has 0 unspecified atom stereocenters. The normalized spacial score (nSPS) is 10.3. The third kappa shape index (κ3) is 3.33. The van der Waals surface area contributed by atoms with Crippen molar-refractivity contribution in [2.24, 2.45) is 0 Å². The number of ether oxygens (including phenoxy) is 2. The van der Waals surface area contributed by atoms with Gasteiger partial charge in [-0.25, -0.2) is 9.78 Å². The summed E-state index contributed by atoms with van der Waals surface area (Å²) in [6.07, 6.45) is 1.59. The maximum absolute atomic E-state index is 12.2. The van der Waals surface area contributed by atoms with E-state index < -0.39 is 5.97 Å². The number of hydrogen-bond donors (Lipinski definition) is 1. The summed E-state index contributed by atoms with van der Waals surface area (Å²) in [4.78, 5) is 31.1. The van der Waals surface area contributed by atoms with Crippen molar-refractivity contribution in [1.29, 1.82) is 0 Å². The Morgan fingerprint density at radius 3 is 2.68 bits per heavy atom. The highest BCUT2D eigenvalue weighted by molar-refractivity contribution is 6.02. The minimum absolute atomic E-state index is 0.153. The third-order valence-corrected chi connectivity index (χ3v) is 3.18. The Labute approximate surface area is 128 Å². The average Bonchev–Trinajstić information content (AvgIpc) is 2.81. The number of esters is 1. The zero-order chi connectivity index (χ0) is 16.1. The Kier molecular flexibility index (Phi) is 4.93. The molecule has 0 atom stereocenters. The van der Waals surface area contributed by atoms with Crippen LogP contribution in [0.5, 0.6) is 5.88 Å². The molecule has 0 aliphatic carbocycles. The lowest BCUT2D eigenvalue weighted by Crippen LogP contribution is -2.14. The zero-order valence-corrected chi connectivity index (χ0v) is 12.8. The molecule has 0 fully saturated rings. The molecular formula is C16H18N2O4. The van der Waals surface area contributed by atoms with Gasteiger partial charge in [0.1, 0.15) is 0 Å². The Bertz CT molecular complexity index is 677. The van der Waals surface area contributed by atoms with E-state index in [9.17, 15) is 9.59 Å². The van der Waals surface area contributed by atoms with Crippen LogP contribution in [0.3, 0.4) is 0 Å². The van der Waals surface area contributed by atoms with Crippen molar-refractivity contribution in [3.05, 3.63) is 46.9 Å². The summed E-state index contributed by atoms with van der Waals surface area (Å²) in [6, 6.07) is 5.21. The molecule has 22 heavy (non-hydrogen) atoms. The summed E-state index contributed by atoms with van der Waals surface area (Å²) in [6.45, 7) is 5.32. The lowest BCUT2D eigenvalue weighted by molar-refractivity contribution is 0.0525. The molecule has 0 bridgehead atoms. The molecule has 6 heteroatoms. The minimum Gasteiger partial charge on any atom is -0.469 e. The Balaban J connectivity index is 2.13. The van der Waals surface area contributed by atoms with Gasteiger partial charge in [0.05, 0.1) is 17.9 Å². The van der Waals surface area contributed by atoms with Crippen LogP contribution in [0.2, 0.25) is 0 Å². The van der Waals surface area contributed by atoms with Gasteiger partial charge in [-0.2, -0.15) is 0 Å². The first-order chi connectivity index (χ1) is 10.5. The number of nitrogens with one attached hydrogen (secondary N) is 1. The van der Waals surface area contributed by atoms with E-state index >= 15 is 0 Å². The second-order valence-corrected chi connectivity index (χ2v) is 4.73. The number of hydrogen-bond acceptors (Lipinski definition) is 5. The number of aryl methyl sites for hydroxylation is 1. The van der Waals surface area contributed by atoms with Crippen LogP contribution in [0, 0.1) is 13.8 Å². The minimum atomic E-state index is -0.432. The van der Waals surface area contributed by atoms with Gasteiger partial charge in [-0.1, -0.05) is 6.07 Å². The van der Waals surface area contributed by atoms with E-state index in [1.807, 2.05) is 0 Å². The van der Waals surface area contributed by atoms with Gasteiger partial charge in [0.2, 0.25) is 11.7 Å². The van der Waals surface area contributed by atoms with Crippen molar-refractivity contribution in [3.8, 4) is 5.88 Å². The van der Waals surface area contributed by atoms with Gasteiger partial charge in [-0.05, 0) is 32.4 Å². The molecule has 0 saturated heterocycles. The SMILES string of the molecule is CCOC(=O)c1c(C)[nH]c(C(=O)COc2ccccn2)c1C. The summed E-state index contributed by atoms with van der Waals surface area (Å²) >= 11 is 0. The van der Waals surface area contributed by atoms with Crippen LogP contribution in [0.1, 0.15) is 39.0 Å². The number of H-pyrrole nitrogens is 1. The van der Waals surface area contributed by atoms with Crippen molar-refractivity contribution >= 4 is 11.8 Å². The van der Waals surface area contributed by atoms with Crippen molar-refractivity contribution < 1.29 is 19.1 Å². The molecule has 0 aliphatic rings. The van der Waals surface area contributed by atoms with Crippen molar-refractivity contribution in [2.45, 2.75) is 20.8 Å². The largest absolute Gasteiger partial charge is 0.469 e. The number of carbonyl (C=O) groups is 2. The first-order valence-electron chi connectivity index (χ1n) is 6.97. The maximum Gasteiger partial charge on any atom is 0.340 e. The third-order valence-electron chi connectivity index (χ3n) is 3.18. The van der Waals surface area contributed by atoms with Crippen LogP contribution in [-0.2, 0) is 4.74 Å². The van der Waals surface area contributed by atoms with Gasteiger partial charge in [0.15, 0.2) is 6.61 Å². The topological polar surface area (TPSA) is 81.3 Å². The molecule has 0 aliphatic heterocycles. The number of carbonyl (C=O) groups excluding carboxylic acids is 2. The van der Waals surface area contributed by atoms with E-state index in [1.165, 1.54) is 0 Å². The molecule has 0 saturated carbocycles. The average molecular weight is 302 g/mol. The highest BCUT2D eigenvalue weighted by atomic mass is 16.5. The molecule has 0 radical (unpaired) electrons. The van der Waals surface area contributed by atoms with Crippen LogP contribution in [0.25, 0.3) is 0 Å². The van der Waals surface area contributed by atoms with E-state index in [2.05, 4.69) is 9.97 Å². The van der Waals surface area contributed by atoms with E-state index in [0.717, 1.165) is 0 Å². The molecule has 0 amide bonds. The van der Waals surface area contributed by atoms with Gasteiger partial charge < -0.3 is 14.5 Å². The standard InChI is InChI=1S/C16H18N2O4/c1-4-21-16(20)14-10(2)15(18-11(14)3)12(19)9-22-13-7-5-6-8-17-13/h5-8,18H,4,9H2,1-3H3. The maximum atomic E-state index is 12.2. The van der Waals surface area contributed by atoms with Gasteiger partial charge in [-0.3, -0.25) is 4.79 Å². The van der Waals surface area contributed by atoms with E-state index in [1.54, 1.807) is 45.2 Å². The first-order valence-corrected chi connectivity index (χ1v) is 6.97. The van der Waals surface area contributed by atoms with Crippen LogP contribution in [0.4, 0.5) is 0 Å².